The Kier molecular flexibility index (Phi) is 3.16. The molecule has 6 heteroatoms. The largest absolute Gasteiger partial charge is 0.416 e. The van der Waals surface area contributed by atoms with Crippen LogP contribution in [0, 0.1) is 0 Å². The number of H-pyrrole nitrogens is 1. The molecule has 0 aliphatic rings. The molecule has 1 aromatic heterocycles. The lowest BCUT2D eigenvalue weighted by atomic mass is 10.1. The first kappa shape index (κ1) is 14.2. The minimum Gasteiger partial charge on any atom is -0.366 e. The zero-order chi connectivity index (χ0) is 15.9. The maximum atomic E-state index is 12.8. The second kappa shape index (κ2) is 4.91. The van der Waals surface area contributed by atoms with Crippen LogP contribution in [-0.4, -0.2) is 10.9 Å². The van der Waals surface area contributed by atoms with Crippen molar-refractivity contribution in [1.29, 1.82) is 0 Å². The predicted octanol–water partition coefficient (Wildman–Crippen LogP) is 3.95. The molecule has 3 aromatic rings. The Morgan fingerprint density at radius 3 is 2.45 bits per heavy atom. The van der Waals surface area contributed by atoms with E-state index in [1.165, 1.54) is 6.07 Å². The average molecular weight is 304 g/mol. The van der Waals surface area contributed by atoms with Crippen molar-refractivity contribution in [3.05, 3.63) is 59.7 Å². The van der Waals surface area contributed by atoms with E-state index in [2.05, 4.69) is 4.98 Å². The minimum absolute atomic E-state index is 0.326. The van der Waals surface area contributed by atoms with E-state index < -0.39 is 17.6 Å². The zero-order valence-corrected chi connectivity index (χ0v) is 11.2. The number of carbonyl (C=O) groups is 1. The molecule has 22 heavy (non-hydrogen) atoms. The van der Waals surface area contributed by atoms with E-state index in [0.717, 1.165) is 12.1 Å². The molecule has 3 N–H and O–H groups in total. The van der Waals surface area contributed by atoms with Crippen molar-refractivity contribution in [2.24, 2.45) is 5.73 Å². The monoisotopic (exact) mass is 304 g/mol. The van der Waals surface area contributed by atoms with Crippen LogP contribution >= 0.6 is 0 Å². The topological polar surface area (TPSA) is 58.9 Å². The van der Waals surface area contributed by atoms with Crippen LogP contribution in [0.3, 0.4) is 0 Å². The molecular weight excluding hydrogens is 293 g/mol. The summed E-state index contributed by atoms with van der Waals surface area (Å²) in [6.45, 7) is 0. The van der Waals surface area contributed by atoms with Gasteiger partial charge in [0, 0.05) is 22.2 Å². The summed E-state index contributed by atoms with van der Waals surface area (Å²) < 4.78 is 38.4. The molecule has 0 bridgehead atoms. The quantitative estimate of drug-likeness (QED) is 0.740. The summed E-state index contributed by atoms with van der Waals surface area (Å²) >= 11 is 0. The molecule has 0 radical (unpaired) electrons. The number of primary amides is 1. The van der Waals surface area contributed by atoms with Gasteiger partial charge in [-0.1, -0.05) is 18.2 Å². The van der Waals surface area contributed by atoms with Crippen molar-refractivity contribution in [2.75, 3.05) is 0 Å². The van der Waals surface area contributed by atoms with Gasteiger partial charge in [0.05, 0.1) is 5.56 Å². The summed E-state index contributed by atoms with van der Waals surface area (Å²) in [5.74, 6) is -0.583. The van der Waals surface area contributed by atoms with Crippen LogP contribution in [0.2, 0.25) is 0 Å². The van der Waals surface area contributed by atoms with Crippen molar-refractivity contribution >= 4 is 16.8 Å². The number of hydrogen-bond donors (Lipinski definition) is 2. The van der Waals surface area contributed by atoms with Gasteiger partial charge in [-0.05, 0) is 35.9 Å². The number of aromatic amines is 1. The number of nitrogens with one attached hydrogen (secondary N) is 1. The second-order valence-electron chi connectivity index (χ2n) is 4.89. The second-order valence-corrected chi connectivity index (χ2v) is 4.89. The molecule has 1 heterocycles. The summed E-state index contributed by atoms with van der Waals surface area (Å²) in [6, 6.07) is 11.6. The number of halogens is 3. The van der Waals surface area contributed by atoms with Crippen LogP contribution in [0.1, 0.15) is 15.9 Å². The van der Waals surface area contributed by atoms with Gasteiger partial charge in [-0.3, -0.25) is 4.79 Å². The molecule has 0 spiro atoms. The van der Waals surface area contributed by atoms with Gasteiger partial charge in [-0.2, -0.15) is 13.2 Å². The Bertz CT molecular complexity index is 865. The minimum atomic E-state index is -4.40. The van der Waals surface area contributed by atoms with Crippen molar-refractivity contribution in [3.63, 3.8) is 0 Å². The summed E-state index contributed by atoms with van der Waals surface area (Å²) in [6.07, 6.45) is -4.40. The van der Waals surface area contributed by atoms with Crippen LogP contribution in [0.15, 0.2) is 48.5 Å². The van der Waals surface area contributed by atoms with E-state index in [-0.39, 0.29) is 0 Å². The molecule has 3 rings (SSSR count). The molecule has 3 nitrogen and oxygen atoms in total. The highest BCUT2D eigenvalue weighted by Gasteiger charge is 2.30. The molecule has 0 saturated heterocycles. The highest BCUT2D eigenvalue weighted by atomic mass is 19.4. The standard InChI is InChI=1S/C16H11F3N2O/c17-16(18,19)10-4-1-3-9(7-10)14-8-12-11(15(20)22)5-2-6-13(12)21-14/h1-8,21H,(H2,20,22). The number of hydrogen-bond acceptors (Lipinski definition) is 1. The van der Waals surface area contributed by atoms with Gasteiger partial charge in [0.1, 0.15) is 0 Å². The van der Waals surface area contributed by atoms with Crippen LogP contribution in [0.4, 0.5) is 13.2 Å². The van der Waals surface area contributed by atoms with Gasteiger partial charge in [0.15, 0.2) is 0 Å². The third kappa shape index (κ3) is 2.43. The number of nitrogens with two attached hydrogens (primary N) is 1. The Morgan fingerprint density at radius 2 is 1.77 bits per heavy atom. The van der Waals surface area contributed by atoms with Gasteiger partial charge < -0.3 is 10.7 Å². The summed E-state index contributed by atoms with van der Waals surface area (Å²) in [5.41, 5.74) is 6.44. The lowest BCUT2D eigenvalue weighted by molar-refractivity contribution is -0.137. The fourth-order valence-electron chi connectivity index (χ4n) is 2.39. The Labute approximate surface area is 123 Å². The van der Waals surface area contributed by atoms with E-state index in [1.807, 2.05) is 0 Å². The van der Waals surface area contributed by atoms with Crippen LogP contribution < -0.4 is 5.73 Å². The average Bonchev–Trinajstić information content (AvgIpc) is 2.90. The predicted molar refractivity (Wildman–Crippen MR) is 77.3 cm³/mol. The van der Waals surface area contributed by atoms with E-state index in [9.17, 15) is 18.0 Å². The third-order valence-corrected chi connectivity index (χ3v) is 3.43. The van der Waals surface area contributed by atoms with Crippen LogP contribution in [0.5, 0.6) is 0 Å². The number of benzene rings is 2. The van der Waals surface area contributed by atoms with Crippen molar-refractivity contribution < 1.29 is 18.0 Å². The molecule has 112 valence electrons. The lowest BCUT2D eigenvalue weighted by Crippen LogP contribution is -2.10. The normalized spacial score (nSPS) is 11.8. The number of rotatable bonds is 2. The molecule has 0 fully saturated rings. The van der Waals surface area contributed by atoms with Crippen molar-refractivity contribution in [1.82, 2.24) is 4.98 Å². The van der Waals surface area contributed by atoms with Gasteiger partial charge in [-0.25, -0.2) is 0 Å². The zero-order valence-electron chi connectivity index (χ0n) is 11.2. The number of amides is 1. The first-order chi connectivity index (χ1) is 10.4. The fraction of sp³-hybridized carbons (Fsp3) is 0.0625. The molecular formula is C16H11F3N2O. The van der Waals surface area contributed by atoms with Crippen LogP contribution in [0.25, 0.3) is 22.2 Å². The molecule has 1 amide bonds. The number of aromatic nitrogens is 1. The van der Waals surface area contributed by atoms with Crippen molar-refractivity contribution in [3.8, 4) is 11.3 Å². The molecule has 0 atom stereocenters. The Morgan fingerprint density at radius 1 is 1.05 bits per heavy atom. The van der Waals surface area contributed by atoms with E-state index in [1.54, 1.807) is 30.3 Å². The van der Waals surface area contributed by atoms with Gasteiger partial charge >= 0.3 is 6.18 Å². The smallest absolute Gasteiger partial charge is 0.366 e. The summed E-state index contributed by atoms with van der Waals surface area (Å²) in [5, 5.41) is 0.586. The number of carbonyl (C=O) groups excluding carboxylic acids is 1. The van der Waals surface area contributed by atoms with Gasteiger partial charge in [0.2, 0.25) is 5.91 Å². The maximum Gasteiger partial charge on any atom is 0.416 e. The van der Waals surface area contributed by atoms with Crippen LogP contribution in [-0.2, 0) is 6.18 Å². The fourth-order valence-corrected chi connectivity index (χ4v) is 2.39. The van der Waals surface area contributed by atoms with Gasteiger partial charge in [-0.15, -0.1) is 0 Å². The molecule has 0 aliphatic heterocycles. The van der Waals surface area contributed by atoms with E-state index in [0.29, 0.717) is 27.7 Å². The summed E-state index contributed by atoms with van der Waals surface area (Å²) in [7, 11) is 0. The van der Waals surface area contributed by atoms with E-state index in [4.69, 9.17) is 5.73 Å². The van der Waals surface area contributed by atoms with E-state index >= 15 is 0 Å². The molecule has 0 aliphatic carbocycles. The molecule has 2 aromatic carbocycles. The third-order valence-electron chi connectivity index (χ3n) is 3.43. The highest BCUT2D eigenvalue weighted by Crippen LogP contribution is 2.33. The lowest BCUT2D eigenvalue weighted by Gasteiger charge is -2.07. The molecule has 0 saturated carbocycles. The van der Waals surface area contributed by atoms with Gasteiger partial charge in [0.25, 0.3) is 0 Å². The highest BCUT2D eigenvalue weighted by molar-refractivity contribution is 6.06. The molecule has 0 unspecified atom stereocenters. The first-order valence-electron chi connectivity index (χ1n) is 6.45. The Balaban J connectivity index is 2.15. The first-order valence-corrected chi connectivity index (χ1v) is 6.45. The van der Waals surface area contributed by atoms with Crippen molar-refractivity contribution in [2.45, 2.75) is 6.18 Å². The SMILES string of the molecule is NC(=O)c1cccc2[nH]c(-c3cccc(C(F)(F)F)c3)cc12. The Hall–Kier alpha value is -2.76. The maximum absolute atomic E-state index is 12.8. The number of fused-ring (bicyclic) bond motifs is 1. The number of alkyl halides is 3. The summed E-state index contributed by atoms with van der Waals surface area (Å²) in [4.78, 5) is 14.4.